The molecule has 84 valence electrons. The summed E-state index contributed by atoms with van der Waals surface area (Å²) in [5, 5.41) is 0. The Kier molecular flexibility index (Phi) is 3.28. The lowest BCUT2D eigenvalue weighted by atomic mass is 9.90. The van der Waals surface area contributed by atoms with E-state index in [1.165, 1.54) is 35.1 Å². The molecule has 0 aromatic heterocycles. The molecule has 0 aliphatic heterocycles. The van der Waals surface area contributed by atoms with Gasteiger partial charge in [0.25, 0.3) is 0 Å². The molecule has 0 saturated heterocycles. The number of allylic oxidation sites excluding steroid dienone is 4. The third-order valence-electron chi connectivity index (χ3n) is 3.29. The van der Waals surface area contributed by atoms with Crippen LogP contribution in [0.15, 0.2) is 36.4 Å². The minimum Gasteiger partial charge on any atom is -0.0842 e. The fourth-order valence-corrected chi connectivity index (χ4v) is 2.17. The first-order valence-electron chi connectivity index (χ1n) is 6.15. The fraction of sp³-hybridized carbons (Fsp3) is 0.375. The van der Waals surface area contributed by atoms with Gasteiger partial charge in [0, 0.05) is 0 Å². The van der Waals surface area contributed by atoms with Gasteiger partial charge in [0.15, 0.2) is 0 Å². The summed E-state index contributed by atoms with van der Waals surface area (Å²) < 4.78 is 0. The van der Waals surface area contributed by atoms with Gasteiger partial charge in [-0.15, -0.1) is 0 Å². The van der Waals surface area contributed by atoms with Crippen molar-refractivity contribution in [3.8, 4) is 0 Å². The first kappa shape index (κ1) is 11.2. The molecule has 0 radical (unpaired) electrons. The summed E-state index contributed by atoms with van der Waals surface area (Å²) in [6.07, 6.45) is 9.04. The zero-order valence-electron chi connectivity index (χ0n) is 10.5. The minimum absolute atomic E-state index is 0.610. The lowest BCUT2D eigenvalue weighted by Gasteiger charge is -2.15. The SMILES string of the molecule is Cc1ccc(C(C)C)cc1C1=CC=CCC1. The van der Waals surface area contributed by atoms with Gasteiger partial charge in [0.2, 0.25) is 0 Å². The first-order valence-corrected chi connectivity index (χ1v) is 6.15. The van der Waals surface area contributed by atoms with E-state index >= 15 is 0 Å². The van der Waals surface area contributed by atoms with Crippen molar-refractivity contribution in [1.82, 2.24) is 0 Å². The Morgan fingerprint density at radius 1 is 1.19 bits per heavy atom. The standard InChI is InChI=1S/C16H20/c1-12(2)15-10-9-13(3)16(11-15)14-7-5-4-6-8-14/h4-5,7,9-12H,6,8H2,1-3H3. The van der Waals surface area contributed by atoms with Gasteiger partial charge in [-0.25, -0.2) is 0 Å². The predicted molar refractivity (Wildman–Crippen MR) is 71.6 cm³/mol. The van der Waals surface area contributed by atoms with Gasteiger partial charge in [-0.1, -0.05) is 50.3 Å². The smallest absolute Gasteiger partial charge is 0.0192 e. The van der Waals surface area contributed by atoms with Gasteiger partial charge in [-0.05, 0) is 47.9 Å². The van der Waals surface area contributed by atoms with Gasteiger partial charge < -0.3 is 0 Å². The van der Waals surface area contributed by atoms with E-state index in [4.69, 9.17) is 0 Å². The Bertz CT molecular complexity index is 433. The average molecular weight is 212 g/mol. The van der Waals surface area contributed by atoms with Crippen LogP contribution in [0.3, 0.4) is 0 Å². The molecule has 0 spiro atoms. The molecule has 0 heteroatoms. The van der Waals surface area contributed by atoms with Crippen LogP contribution in [0.25, 0.3) is 5.57 Å². The lowest BCUT2D eigenvalue weighted by Crippen LogP contribution is -1.95. The van der Waals surface area contributed by atoms with E-state index in [1.807, 2.05) is 0 Å². The Hall–Kier alpha value is -1.30. The molecular weight excluding hydrogens is 192 g/mol. The first-order chi connectivity index (χ1) is 7.68. The van der Waals surface area contributed by atoms with Gasteiger partial charge in [0.1, 0.15) is 0 Å². The predicted octanol–water partition coefficient (Wildman–Crippen LogP) is 4.85. The molecule has 0 heterocycles. The molecule has 1 aromatic rings. The number of hydrogen-bond acceptors (Lipinski definition) is 0. The molecule has 0 bridgehead atoms. The molecule has 1 aliphatic carbocycles. The van der Waals surface area contributed by atoms with Crippen LogP contribution in [0.5, 0.6) is 0 Å². The van der Waals surface area contributed by atoms with Gasteiger partial charge in [-0.2, -0.15) is 0 Å². The topological polar surface area (TPSA) is 0 Å². The number of aryl methyl sites for hydroxylation is 1. The van der Waals surface area contributed by atoms with Crippen molar-refractivity contribution in [1.29, 1.82) is 0 Å². The monoisotopic (exact) mass is 212 g/mol. The highest BCUT2D eigenvalue weighted by Gasteiger charge is 2.08. The van der Waals surface area contributed by atoms with Crippen molar-refractivity contribution in [2.24, 2.45) is 0 Å². The maximum Gasteiger partial charge on any atom is -0.0192 e. The van der Waals surface area contributed by atoms with Crippen LogP contribution in [0.1, 0.15) is 49.3 Å². The summed E-state index contributed by atoms with van der Waals surface area (Å²) in [7, 11) is 0. The highest BCUT2D eigenvalue weighted by Crippen LogP contribution is 2.28. The van der Waals surface area contributed by atoms with E-state index in [1.54, 1.807) is 0 Å². The maximum absolute atomic E-state index is 2.37. The third kappa shape index (κ3) is 2.27. The molecule has 0 unspecified atom stereocenters. The molecule has 1 aromatic carbocycles. The van der Waals surface area contributed by atoms with Gasteiger partial charge in [-0.3, -0.25) is 0 Å². The Labute approximate surface area is 98.7 Å². The van der Waals surface area contributed by atoms with Crippen LogP contribution in [0.2, 0.25) is 0 Å². The van der Waals surface area contributed by atoms with Crippen LogP contribution in [0, 0.1) is 6.92 Å². The molecule has 2 rings (SSSR count). The second-order valence-corrected chi connectivity index (χ2v) is 4.89. The van der Waals surface area contributed by atoms with Crippen molar-refractivity contribution in [2.75, 3.05) is 0 Å². The average Bonchev–Trinajstić information content (AvgIpc) is 2.30. The molecule has 0 N–H and O–H groups in total. The largest absolute Gasteiger partial charge is 0.0842 e. The molecule has 16 heavy (non-hydrogen) atoms. The molecular formula is C16H20. The van der Waals surface area contributed by atoms with E-state index in [0.29, 0.717) is 5.92 Å². The zero-order chi connectivity index (χ0) is 11.5. The summed E-state index contributed by atoms with van der Waals surface area (Å²) in [4.78, 5) is 0. The normalized spacial score (nSPS) is 15.4. The quantitative estimate of drug-likeness (QED) is 0.657. The Morgan fingerprint density at radius 2 is 2.00 bits per heavy atom. The van der Waals surface area contributed by atoms with Crippen molar-refractivity contribution in [2.45, 2.75) is 39.5 Å². The number of rotatable bonds is 2. The third-order valence-corrected chi connectivity index (χ3v) is 3.29. The van der Waals surface area contributed by atoms with Crippen molar-refractivity contribution < 1.29 is 0 Å². The second kappa shape index (κ2) is 4.69. The summed E-state index contributed by atoms with van der Waals surface area (Å²) in [6.45, 7) is 6.71. The van der Waals surface area contributed by atoms with Crippen LogP contribution in [-0.4, -0.2) is 0 Å². The van der Waals surface area contributed by atoms with E-state index in [2.05, 4.69) is 57.2 Å². The molecule has 0 nitrogen and oxygen atoms in total. The second-order valence-electron chi connectivity index (χ2n) is 4.89. The van der Waals surface area contributed by atoms with E-state index in [0.717, 1.165) is 0 Å². The zero-order valence-corrected chi connectivity index (χ0v) is 10.5. The molecule has 1 aliphatic rings. The molecule has 0 saturated carbocycles. The highest BCUT2D eigenvalue weighted by atomic mass is 14.1. The van der Waals surface area contributed by atoms with Crippen molar-refractivity contribution >= 4 is 5.57 Å². The summed E-state index contributed by atoms with van der Waals surface area (Å²) in [5.41, 5.74) is 5.76. The summed E-state index contributed by atoms with van der Waals surface area (Å²) in [5.74, 6) is 0.610. The molecule has 0 fully saturated rings. The van der Waals surface area contributed by atoms with E-state index in [-0.39, 0.29) is 0 Å². The minimum atomic E-state index is 0.610. The van der Waals surface area contributed by atoms with Crippen LogP contribution in [-0.2, 0) is 0 Å². The van der Waals surface area contributed by atoms with Gasteiger partial charge in [0.05, 0.1) is 0 Å². The fourth-order valence-electron chi connectivity index (χ4n) is 2.17. The summed E-state index contributed by atoms with van der Waals surface area (Å²) >= 11 is 0. The molecule has 0 atom stereocenters. The summed E-state index contributed by atoms with van der Waals surface area (Å²) in [6, 6.07) is 6.87. The van der Waals surface area contributed by atoms with Crippen LogP contribution < -0.4 is 0 Å². The highest BCUT2D eigenvalue weighted by molar-refractivity contribution is 5.71. The van der Waals surface area contributed by atoms with Crippen molar-refractivity contribution in [3.05, 3.63) is 53.1 Å². The number of hydrogen-bond donors (Lipinski definition) is 0. The maximum atomic E-state index is 2.37. The van der Waals surface area contributed by atoms with E-state index in [9.17, 15) is 0 Å². The molecule has 0 amide bonds. The van der Waals surface area contributed by atoms with E-state index < -0.39 is 0 Å². The Morgan fingerprint density at radius 3 is 2.62 bits per heavy atom. The number of benzene rings is 1. The van der Waals surface area contributed by atoms with Crippen LogP contribution >= 0.6 is 0 Å². The van der Waals surface area contributed by atoms with Gasteiger partial charge >= 0.3 is 0 Å². The lowest BCUT2D eigenvalue weighted by molar-refractivity contribution is 0.864. The van der Waals surface area contributed by atoms with Crippen LogP contribution in [0.4, 0.5) is 0 Å². The van der Waals surface area contributed by atoms with Crippen molar-refractivity contribution in [3.63, 3.8) is 0 Å². The Balaban J connectivity index is 2.42.